The quantitative estimate of drug-likeness (QED) is 0.232. The van der Waals surface area contributed by atoms with E-state index in [2.05, 4.69) is 85.8 Å². The molecule has 0 unspecified atom stereocenters. The highest BCUT2D eigenvalue weighted by molar-refractivity contribution is 5.99. The molecule has 0 spiro atoms. The van der Waals surface area contributed by atoms with E-state index in [1.54, 1.807) is 0 Å². The normalized spacial score (nSPS) is 11.3. The first-order valence-corrected chi connectivity index (χ1v) is 10.4. The zero-order valence-corrected chi connectivity index (χ0v) is 16.2. The molecule has 0 saturated carbocycles. The lowest BCUT2D eigenvalue weighted by atomic mass is 9.97. The van der Waals surface area contributed by atoms with E-state index in [1.165, 1.54) is 76.8 Å². The summed E-state index contributed by atoms with van der Waals surface area (Å²) >= 11 is 0. The van der Waals surface area contributed by atoms with Crippen LogP contribution in [0.2, 0.25) is 0 Å². The maximum absolute atomic E-state index is 2.39. The van der Waals surface area contributed by atoms with Crippen molar-refractivity contribution in [1.29, 1.82) is 0 Å². The molecule has 0 aliphatic carbocycles. The molecule has 0 nitrogen and oxygen atoms in total. The van der Waals surface area contributed by atoms with Gasteiger partial charge in [0.15, 0.2) is 0 Å². The zero-order valence-electron chi connectivity index (χ0n) is 16.2. The van der Waals surface area contributed by atoms with Gasteiger partial charge in [0.1, 0.15) is 0 Å². The first-order chi connectivity index (χ1) is 13.3. The van der Waals surface area contributed by atoms with E-state index in [1.807, 2.05) is 0 Å². The Morgan fingerprint density at radius 3 is 2.00 bits per heavy atom. The average molecular weight is 353 g/mol. The Morgan fingerprint density at radius 2 is 1.22 bits per heavy atom. The number of fused-ring (bicyclic) bond motifs is 2. The molecule has 0 aromatic heterocycles. The summed E-state index contributed by atoms with van der Waals surface area (Å²) in [5.41, 5.74) is 4.03. The Labute approximate surface area is 162 Å². The van der Waals surface area contributed by atoms with Gasteiger partial charge in [-0.3, -0.25) is 0 Å². The summed E-state index contributed by atoms with van der Waals surface area (Å²) in [6.45, 7) is 2.27. The van der Waals surface area contributed by atoms with Gasteiger partial charge in [-0.15, -0.1) is 0 Å². The van der Waals surface area contributed by atoms with Crippen LogP contribution in [0, 0.1) is 0 Å². The third kappa shape index (κ3) is 4.22. The van der Waals surface area contributed by atoms with Crippen molar-refractivity contribution >= 4 is 21.5 Å². The molecule has 0 bridgehead atoms. The standard InChI is InChI=1S/C27H28/c1-2-3-4-5-7-10-21-13-14-24-20-27-18-23(22-11-8-6-9-12-22)15-16-25(27)19-26(24)17-21/h6,8-9,11-20H,2-5,7,10H2,1H3. The summed E-state index contributed by atoms with van der Waals surface area (Å²) in [6, 6.07) is 29.1. The average Bonchev–Trinajstić information content (AvgIpc) is 2.72. The number of hydrogen-bond donors (Lipinski definition) is 0. The molecule has 0 saturated heterocycles. The Morgan fingerprint density at radius 1 is 0.519 bits per heavy atom. The molecule has 136 valence electrons. The molecule has 4 aromatic carbocycles. The van der Waals surface area contributed by atoms with Crippen LogP contribution in [0.5, 0.6) is 0 Å². The van der Waals surface area contributed by atoms with Gasteiger partial charge >= 0.3 is 0 Å². The molecule has 0 amide bonds. The number of benzene rings is 4. The highest BCUT2D eigenvalue weighted by Crippen LogP contribution is 2.28. The lowest BCUT2D eigenvalue weighted by Crippen LogP contribution is -1.87. The Balaban J connectivity index is 1.59. The van der Waals surface area contributed by atoms with Crippen molar-refractivity contribution in [2.45, 2.75) is 45.4 Å². The van der Waals surface area contributed by atoms with Gasteiger partial charge in [0.2, 0.25) is 0 Å². The van der Waals surface area contributed by atoms with Crippen molar-refractivity contribution in [3.8, 4) is 11.1 Å². The number of aryl methyl sites for hydroxylation is 1. The van der Waals surface area contributed by atoms with E-state index in [-0.39, 0.29) is 0 Å². The molecule has 0 heterocycles. The second kappa shape index (κ2) is 8.39. The smallest absolute Gasteiger partial charge is 0.0171 e. The molecule has 0 N–H and O–H groups in total. The molecule has 0 aliphatic heterocycles. The molecule has 4 rings (SSSR count). The third-order valence-electron chi connectivity index (χ3n) is 5.54. The maximum Gasteiger partial charge on any atom is -0.0171 e. The van der Waals surface area contributed by atoms with Crippen LogP contribution < -0.4 is 0 Å². The summed E-state index contributed by atoms with van der Waals surface area (Å²) in [4.78, 5) is 0. The predicted octanol–water partition coefficient (Wildman–Crippen LogP) is 8.17. The molecule has 0 atom stereocenters. The van der Waals surface area contributed by atoms with Crippen molar-refractivity contribution in [3.05, 3.63) is 84.4 Å². The highest BCUT2D eigenvalue weighted by atomic mass is 14.1. The topological polar surface area (TPSA) is 0 Å². The Bertz CT molecular complexity index is 1030. The molecule has 0 fully saturated rings. The third-order valence-corrected chi connectivity index (χ3v) is 5.54. The second-order valence-corrected chi connectivity index (χ2v) is 7.63. The fraction of sp³-hybridized carbons (Fsp3) is 0.259. The summed E-state index contributed by atoms with van der Waals surface area (Å²) in [7, 11) is 0. The number of hydrogen-bond acceptors (Lipinski definition) is 0. The van der Waals surface area contributed by atoms with E-state index >= 15 is 0 Å². The van der Waals surface area contributed by atoms with E-state index in [0.29, 0.717) is 0 Å². The van der Waals surface area contributed by atoms with Crippen molar-refractivity contribution in [2.24, 2.45) is 0 Å². The van der Waals surface area contributed by atoms with Gasteiger partial charge in [0, 0.05) is 0 Å². The van der Waals surface area contributed by atoms with E-state index in [9.17, 15) is 0 Å². The van der Waals surface area contributed by atoms with Crippen LogP contribution in [-0.2, 0) is 6.42 Å². The highest BCUT2D eigenvalue weighted by Gasteiger charge is 2.03. The largest absolute Gasteiger partial charge is 0.0654 e. The van der Waals surface area contributed by atoms with Gasteiger partial charge in [-0.1, -0.05) is 93.3 Å². The lowest BCUT2D eigenvalue weighted by molar-refractivity contribution is 0.632. The Kier molecular flexibility index (Phi) is 5.53. The van der Waals surface area contributed by atoms with Crippen molar-refractivity contribution in [1.82, 2.24) is 0 Å². The van der Waals surface area contributed by atoms with Crippen LogP contribution in [0.1, 0.15) is 44.6 Å². The fourth-order valence-electron chi connectivity index (χ4n) is 3.95. The van der Waals surface area contributed by atoms with Crippen LogP contribution in [-0.4, -0.2) is 0 Å². The van der Waals surface area contributed by atoms with Crippen LogP contribution >= 0.6 is 0 Å². The van der Waals surface area contributed by atoms with Gasteiger partial charge < -0.3 is 0 Å². The molecule has 4 aromatic rings. The lowest BCUT2D eigenvalue weighted by Gasteiger charge is -2.08. The molecular formula is C27H28. The molecule has 0 heteroatoms. The summed E-state index contributed by atoms with van der Waals surface area (Å²) in [5.74, 6) is 0. The van der Waals surface area contributed by atoms with Crippen LogP contribution in [0.15, 0.2) is 78.9 Å². The first-order valence-electron chi connectivity index (χ1n) is 10.4. The van der Waals surface area contributed by atoms with Gasteiger partial charge in [-0.2, -0.15) is 0 Å². The summed E-state index contributed by atoms with van der Waals surface area (Å²) in [6.07, 6.45) is 7.91. The molecule has 27 heavy (non-hydrogen) atoms. The van der Waals surface area contributed by atoms with E-state index < -0.39 is 0 Å². The predicted molar refractivity (Wildman–Crippen MR) is 119 cm³/mol. The Hall–Kier alpha value is -2.60. The zero-order chi connectivity index (χ0) is 18.5. The first kappa shape index (κ1) is 17.8. The minimum atomic E-state index is 1.20. The van der Waals surface area contributed by atoms with Gasteiger partial charge in [0.25, 0.3) is 0 Å². The number of rotatable bonds is 7. The minimum Gasteiger partial charge on any atom is -0.0654 e. The van der Waals surface area contributed by atoms with Gasteiger partial charge in [-0.05, 0) is 69.3 Å². The van der Waals surface area contributed by atoms with Crippen LogP contribution in [0.4, 0.5) is 0 Å². The van der Waals surface area contributed by atoms with Crippen LogP contribution in [0.3, 0.4) is 0 Å². The summed E-state index contributed by atoms with van der Waals surface area (Å²) in [5, 5.41) is 5.34. The van der Waals surface area contributed by atoms with Crippen molar-refractivity contribution < 1.29 is 0 Å². The van der Waals surface area contributed by atoms with Crippen LogP contribution in [0.25, 0.3) is 32.7 Å². The monoisotopic (exact) mass is 352 g/mol. The SMILES string of the molecule is CCCCCCCc1ccc2cc3cc(-c4ccccc4)ccc3cc2c1. The summed E-state index contributed by atoms with van der Waals surface area (Å²) < 4.78 is 0. The number of unbranched alkanes of at least 4 members (excludes halogenated alkanes) is 4. The minimum absolute atomic E-state index is 1.20. The van der Waals surface area contributed by atoms with E-state index in [0.717, 1.165) is 0 Å². The van der Waals surface area contributed by atoms with Gasteiger partial charge in [0.05, 0.1) is 0 Å². The second-order valence-electron chi connectivity index (χ2n) is 7.63. The van der Waals surface area contributed by atoms with E-state index in [4.69, 9.17) is 0 Å². The maximum atomic E-state index is 2.39. The van der Waals surface area contributed by atoms with Gasteiger partial charge in [-0.25, -0.2) is 0 Å². The molecule has 0 radical (unpaired) electrons. The van der Waals surface area contributed by atoms with Crippen molar-refractivity contribution in [3.63, 3.8) is 0 Å². The van der Waals surface area contributed by atoms with Crippen molar-refractivity contribution in [2.75, 3.05) is 0 Å². The fourth-order valence-corrected chi connectivity index (χ4v) is 3.95. The molecule has 0 aliphatic rings. The molecular weight excluding hydrogens is 324 g/mol.